The molecule has 1 unspecified atom stereocenters. The molecule has 0 aliphatic carbocycles. The van der Waals surface area contributed by atoms with Crippen LogP contribution in [-0.2, 0) is 11.2 Å². The average molecular weight is 255 g/mol. The van der Waals surface area contributed by atoms with Gasteiger partial charge in [0.1, 0.15) is 6.29 Å². The van der Waals surface area contributed by atoms with E-state index < -0.39 is 0 Å². The molecule has 2 rings (SSSR count). The minimum Gasteiger partial charge on any atom is -0.303 e. The molecule has 0 amide bonds. The maximum atomic E-state index is 10.3. The fourth-order valence-corrected chi connectivity index (χ4v) is 3.67. The number of thioether (sulfide) groups is 1. The van der Waals surface area contributed by atoms with Gasteiger partial charge in [0.2, 0.25) is 0 Å². The highest BCUT2D eigenvalue weighted by Gasteiger charge is 2.19. The van der Waals surface area contributed by atoms with E-state index in [0.29, 0.717) is 12.3 Å². The predicted octanol–water partition coefficient (Wildman–Crippen LogP) is 3.69. The highest BCUT2D eigenvalue weighted by atomic mass is 35.5. The summed E-state index contributed by atoms with van der Waals surface area (Å²) in [6, 6.07) is 6.26. The third-order valence-electron chi connectivity index (χ3n) is 2.99. The van der Waals surface area contributed by atoms with E-state index >= 15 is 0 Å². The summed E-state index contributed by atoms with van der Waals surface area (Å²) in [6.07, 6.45) is 3.56. The summed E-state index contributed by atoms with van der Waals surface area (Å²) < 4.78 is 0. The van der Waals surface area contributed by atoms with Gasteiger partial charge in [-0.25, -0.2) is 0 Å². The van der Waals surface area contributed by atoms with E-state index in [1.807, 2.05) is 17.8 Å². The van der Waals surface area contributed by atoms with Crippen molar-refractivity contribution in [1.82, 2.24) is 0 Å². The zero-order valence-corrected chi connectivity index (χ0v) is 10.7. The zero-order chi connectivity index (χ0) is 11.4. The molecule has 1 fully saturated rings. The number of halogens is 1. The third-order valence-corrected chi connectivity index (χ3v) is 4.48. The van der Waals surface area contributed by atoms with Gasteiger partial charge in [-0.15, -0.1) is 0 Å². The van der Waals surface area contributed by atoms with Gasteiger partial charge in [0.25, 0.3) is 0 Å². The Morgan fingerprint density at radius 2 is 2.38 bits per heavy atom. The molecule has 1 aliphatic rings. The fourth-order valence-electron chi connectivity index (χ4n) is 2.06. The molecule has 1 heterocycles. The molecular formula is C13H15ClOS. The van der Waals surface area contributed by atoms with Crippen molar-refractivity contribution in [2.75, 3.05) is 11.5 Å². The number of hydrogen-bond donors (Lipinski definition) is 0. The highest BCUT2D eigenvalue weighted by molar-refractivity contribution is 7.99. The second-order valence-electron chi connectivity index (χ2n) is 4.12. The summed E-state index contributed by atoms with van der Waals surface area (Å²) in [5.74, 6) is 3.05. The monoisotopic (exact) mass is 254 g/mol. The molecule has 1 atom stereocenters. The van der Waals surface area contributed by atoms with E-state index in [4.69, 9.17) is 11.6 Å². The van der Waals surface area contributed by atoms with Crippen LogP contribution in [0, 0.1) is 0 Å². The van der Waals surface area contributed by atoms with Gasteiger partial charge < -0.3 is 4.79 Å². The van der Waals surface area contributed by atoms with Crippen LogP contribution in [0.15, 0.2) is 18.2 Å². The molecule has 0 N–H and O–H groups in total. The number of rotatable bonds is 4. The van der Waals surface area contributed by atoms with Crippen molar-refractivity contribution in [2.24, 2.45) is 0 Å². The summed E-state index contributed by atoms with van der Waals surface area (Å²) in [4.78, 5) is 10.3. The minimum atomic E-state index is 0.578. The topological polar surface area (TPSA) is 17.1 Å². The van der Waals surface area contributed by atoms with E-state index in [1.54, 1.807) is 0 Å². The minimum absolute atomic E-state index is 0.578. The van der Waals surface area contributed by atoms with Gasteiger partial charge >= 0.3 is 0 Å². The maximum Gasteiger partial charge on any atom is 0.120 e. The summed E-state index contributed by atoms with van der Waals surface area (Å²) in [5.41, 5.74) is 2.44. The van der Waals surface area contributed by atoms with Crippen molar-refractivity contribution in [3.8, 4) is 0 Å². The summed E-state index contributed by atoms with van der Waals surface area (Å²) in [7, 11) is 0. The molecular weight excluding hydrogens is 240 g/mol. The molecule has 3 heteroatoms. The van der Waals surface area contributed by atoms with E-state index in [9.17, 15) is 4.79 Å². The first-order valence-electron chi connectivity index (χ1n) is 5.61. The third kappa shape index (κ3) is 2.80. The first-order valence-corrected chi connectivity index (χ1v) is 7.14. The molecule has 0 saturated carbocycles. The van der Waals surface area contributed by atoms with Gasteiger partial charge in [-0.3, -0.25) is 0 Å². The Hall–Kier alpha value is -0.470. The van der Waals surface area contributed by atoms with Gasteiger partial charge in [0, 0.05) is 17.2 Å². The van der Waals surface area contributed by atoms with Crippen molar-refractivity contribution in [2.45, 2.75) is 25.2 Å². The van der Waals surface area contributed by atoms with Crippen molar-refractivity contribution < 1.29 is 4.79 Å². The summed E-state index contributed by atoms with van der Waals surface area (Å²) in [5, 5.41) is 0.871. The number of carbonyl (C=O) groups is 1. The Morgan fingerprint density at radius 1 is 1.50 bits per heavy atom. The van der Waals surface area contributed by atoms with Crippen LogP contribution in [-0.4, -0.2) is 17.8 Å². The highest BCUT2D eigenvalue weighted by Crippen LogP contribution is 2.36. The number of benzene rings is 1. The number of carbonyl (C=O) groups excluding carboxylic acids is 1. The zero-order valence-electron chi connectivity index (χ0n) is 9.12. The smallest absolute Gasteiger partial charge is 0.120 e. The van der Waals surface area contributed by atoms with Crippen LogP contribution in [0.4, 0.5) is 0 Å². The van der Waals surface area contributed by atoms with Crippen molar-refractivity contribution in [3.63, 3.8) is 0 Å². The molecule has 1 aromatic rings. The molecule has 0 spiro atoms. The lowest BCUT2D eigenvalue weighted by Crippen LogP contribution is -1.98. The SMILES string of the molecule is O=CCCc1ccc(C2CCSC2)c(Cl)c1. The van der Waals surface area contributed by atoms with Crippen LogP contribution >= 0.6 is 23.4 Å². The van der Waals surface area contributed by atoms with Gasteiger partial charge in [0.05, 0.1) is 0 Å². The Balaban J connectivity index is 2.12. The molecule has 86 valence electrons. The summed E-state index contributed by atoms with van der Waals surface area (Å²) >= 11 is 8.29. The molecule has 0 radical (unpaired) electrons. The van der Waals surface area contributed by atoms with E-state index in [2.05, 4.69) is 12.1 Å². The average Bonchev–Trinajstić information content (AvgIpc) is 2.80. The molecule has 1 aliphatic heterocycles. The summed E-state index contributed by atoms with van der Waals surface area (Å²) in [6.45, 7) is 0. The number of aryl methyl sites for hydroxylation is 1. The molecule has 1 saturated heterocycles. The Morgan fingerprint density at radius 3 is 3.00 bits per heavy atom. The van der Waals surface area contributed by atoms with Crippen LogP contribution in [0.25, 0.3) is 0 Å². The Bertz CT molecular complexity index is 372. The van der Waals surface area contributed by atoms with E-state index in [1.165, 1.54) is 23.5 Å². The predicted molar refractivity (Wildman–Crippen MR) is 70.5 cm³/mol. The fraction of sp³-hybridized carbons (Fsp3) is 0.462. The molecule has 0 bridgehead atoms. The molecule has 1 nitrogen and oxygen atoms in total. The van der Waals surface area contributed by atoms with E-state index in [0.717, 1.165) is 23.3 Å². The molecule has 0 aromatic heterocycles. The van der Waals surface area contributed by atoms with Gasteiger partial charge in [-0.2, -0.15) is 11.8 Å². The van der Waals surface area contributed by atoms with Crippen LogP contribution in [0.2, 0.25) is 5.02 Å². The van der Waals surface area contributed by atoms with Gasteiger partial charge in [-0.1, -0.05) is 23.7 Å². The van der Waals surface area contributed by atoms with Crippen LogP contribution < -0.4 is 0 Å². The first kappa shape index (κ1) is 12.0. The second-order valence-corrected chi connectivity index (χ2v) is 5.68. The lowest BCUT2D eigenvalue weighted by molar-refractivity contribution is -0.107. The lowest BCUT2D eigenvalue weighted by Gasteiger charge is -2.12. The Labute approximate surface area is 106 Å². The van der Waals surface area contributed by atoms with Crippen LogP contribution in [0.3, 0.4) is 0 Å². The largest absolute Gasteiger partial charge is 0.303 e. The Kier molecular flexibility index (Phi) is 4.30. The number of aldehydes is 1. The second kappa shape index (κ2) is 5.74. The lowest BCUT2D eigenvalue weighted by atomic mass is 9.96. The molecule has 1 aromatic carbocycles. The molecule has 16 heavy (non-hydrogen) atoms. The van der Waals surface area contributed by atoms with Gasteiger partial charge in [0.15, 0.2) is 0 Å². The van der Waals surface area contributed by atoms with Crippen LogP contribution in [0.5, 0.6) is 0 Å². The first-order chi connectivity index (χ1) is 7.81. The maximum absolute atomic E-state index is 10.3. The quantitative estimate of drug-likeness (QED) is 0.763. The van der Waals surface area contributed by atoms with Crippen molar-refractivity contribution in [3.05, 3.63) is 34.3 Å². The standard InChI is InChI=1S/C13H15ClOS/c14-13-8-10(2-1-6-15)3-4-12(13)11-5-7-16-9-11/h3-4,6,8,11H,1-2,5,7,9H2. The van der Waals surface area contributed by atoms with Gasteiger partial charge in [-0.05, 0) is 41.7 Å². The van der Waals surface area contributed by atoms with Crippen LogP contribution in [0.1, 0.15) is 29.9 Å². The van der Waals surface area contributed by atoms with Crippen molar-refractivity contribution in [1.29, 1.82) is 0 Å². The van der Waals surface area contributed by atoms with E-state index in [-0.39, 0.29) is 0 Å². The van der Waals surface area contributed by atoms with Crippen molar-refractivity contribution >= 4 is 29.6 Å². The number of hydrogen-bond acceptors (Lipinski definition) is 2. The normalized spacial score (nSPS) is 19.9.